The van der Waals surface area contributed by atoms with Crippen LogP contribution in [-0.4, -0.2) is 31.5 Å². The van der Waals surface area contributed by atoms with E-state index in [1.165, 1.54) is 0 Å². The second-order valence-corrected chi connectivity index (χ2v) is 3.62. The largest absolute Gasteiger partial charge is 0.411 e. The van der Waals surface area contributed by atoms with Gasteiger partial charge in [-0.2, -0.15) is 13.2 Å². The van der Waals surface area contributed by atoms with Crippen LogP contribution in [0, 0.1) is 0 Å². The first-order valence-electron chi connectivity index (χ1n) is 4.93. The van der Waals surface area contributed by atoms with Crippen LogP contribution in [0.5, 0.6) is 0 Å². The molecule has 0 aromatic heterocycles. The van der Waals surface area contributed by atoms with E-state index in [9.17, 15) is 13.2 Å². The highest BCUT2D eigenvalue weighted by Gasteiger charge is 2.32. The molecule has 14 heavy (non-hydrogen) atoms. The lowest BCUT2D eigenvalue weighted by molar-refractivity contribution is -0.184. The molecule has 0 radical (unpaired) electrons. The zero-order chi connectivity index (χ0) is 10.6. The monoisotopic (exact) mass is 211 g/mol. The van der Waals surface area contributed by atoms with Crippen molar-refractivity contribution in [2.24, 2.45) is 0 Å². The van der Waals surface area contributed by atoms with Gasteiger partial charge >= 0.3 is 6.18 Å². The predicted molar refractivity (Wildman–Crippen MR) is 47.1 cm³/mol. The fraction of sp³-hybridized carbons (Fsp3) is 1.00. The summed E-state index contributed by atoms with van der Waals surface area (Å²) in [6, 6.07) is 0.332. The van der Waals surface area contributed by atoms with E-state index in [-0.39, 0.29) is 6.10 Å². The van der Waals surface area contributed by atoms with Gasteiger partial charge < -0.3 is 10.1 Å². The fourth-order valence-corrected chi connectivity index (χ4v) is 1.78. The zero-order valence-corrected chi connectivity index (χ0v) is 8.23. The van der Waals surface area contributed by atoms with E-state index in [2.05, 4.69) is 5.32 Å². The van der Waals surface area contributed by atoms with Crippen LogP contribution in [0.25, 0.3) is 0 Å². The van der Waals surface area contributed by atoms with Gasteiger partial charge in [-0.1, -0.05) is 6.92 Å². The maximum absolute atomic E-state index is 11.8. The van der Waals surface area contributed by atoms with E-state index in [0.29, 0.717) is 12.5 Å². The molecule has 0 aliphatic heterocycles. The summed E-state index contributed by atoms with van der Waals surface area (Å²) in [5, 5.41) is 3.21. The average Bonchev–Trinajstić information content (AvgIpc) is 2.49. The number of hydrogen-bond donors (Lipinski definition) is 1. The Morgan fingerprint density at radius 3 is 2.64 bits per heavy atom. The predicted octanol–water partition coefficient (Wildman–Crippen LogP) is 2.10. The molecule has 84 valence electrons. The van der Waals surface area contributed by atoms with Gasteiger partial charge in [0.25, 0.3) is 0 Å². The molecule has 0 bridgehead atoms. The minimum absolute atomic E-state index is 0.222. The van der Waals surface area contributed by atoms with Crippen LogP contribution >= 0.6 is 0 Å². The van der Waals surface area contributed by atoms with Gasteiger partial charge in [0.05, 0.1) is 6.10 Å². The summed E-state index contributed by atoms with van der Waals surface area (Å²) in [7, 11) is 0. The molecule has 1 saturated carbocycles. The number of hydrogen-bond acceptors (Lipinski definition) is 2. The molecule has 2 atom stereocenters. The van der Waals surface area contributed by atoms with Crippen molar-refractivity contribution in [3.05, 3.63) is 0 Å². The Morgan fingerprint density at radius 2 is 2.07 bits per heavy atom. The molecule has 0 aromatic carbocycles. The van der Waals surface area contributed by atoms with Crippen molar-refractivity contribution in [3.63, 3.8) is 0 Å². The second kappa shape index (κ2) is 4.98. The maximum atomic E-state index is 11.8. The minimum atomic E-state index is -4.20. The number of rotatable bonds is 4. The molecule has 5 heteroatoms. The Kier molecular flexibility index (Phi) is 4.19. The summed E-state index contributed by atoms with van der Waals surface area (Å²) in [6.07, 6.45) is -2.08. The summed E-state index contributed by atoms with van der Waals surface area (Å²) < 4.78 is 40.2. The SMILES string of the molecule is CCNC1CCC(OCC(F)(F)F)C1. The summed E-state index contributed by atoms with van der Waals surface area (Å²) in [6.45, 7) is 1.73. The third-order valence-corrected chi connectivity index (χ3v) is 2.36. The Hall–Kier alpha value is -0.290. The lowest BCUT2D eigenvalue weighted by atomic mass is 10.2. The quantitative estimate of drug-likeness (QED) is 0.768. The third-order valence-electron chi connectivity index (χ3n) is 2.36. The molecule has 0 amide bonds. The highest BCUT2D eigenvalue weighted by molar-refractivity contribution is 4.80. The second-order valence-electron chi connectivity index (χ2n) is 3.62. The average molecular weight is 211 g/mol. The van der Waals surface area contributed by atoms with E-state index in [1.54, 1.807) is 0 Å². The van der Waals surface area contributed by atoms with Crippen LogP contribution in [0.4, 0.5) is 13.2 Å². The normalized spacial score (nSPS) is 28.3. The Morgan fingerprint density at radius 1 is 1.36 bits per heavy atom. The molecule has 0 saturated heterocycles. The summed E-state index contributed by atoms with van der Waals surface area (Å²) in [5.74, 6) is 0. The van der Waals surface area contributed by atoms with Crippen molar-refractivity contribution < 1.29 is 17.9 Å². The van der Waals surface area contributed by atoms with Gasteiger partial charge in [-0.15, -0.1) is 0 Å². The first-order chi connectivity index (χ1) is 6.51. The molecular formula is C9H16F3NO. The van der Waals surface area contributed by atoms with Crippen LogP contribution in [-0.2, 0) is 4.74 Å². The van der Waals surface area contributed by atoms with E-state index in [1.807, 2.05) is 6.92 Å². The number of alkyl halides is 3. The first-order valence-corrected chi connectivity index (χ1v) is 4.93. The van der Waals surface area contributed by atoms with Crippen molar-refractivity contribution in [2.45, 2.75) is 44.5 Å². The minimum Gasteiger partial charge on any atom is -0.369 e. The van der Waals surface area contributed by atoms with Gasteiger partial charge in [0.15, 0.2) is 0 Å². The van der Waals surface area contributed by atoms with Gasteiger partial charge in [0, 0.05) is 6.04 Å². The maximum Gasteiger partial charge on any atom is 0.411 e. The molecule has 0 heterocycles. The lowest BCUT2D eigenvalue weighted by Gasteiger charge is -2.14. The Bertz CT molecular complexity index is 172. The van der Waals surface area contributed by atoms with Crippen molar-refractivity contribution in [3.8, 4) is 0 Å². The molecule has 0 spiro atoms. The molecule has 1 aliphatic carbocycles. The smallest absolute Gasteiger partial charge is 0.369 e. The summed E-state index contributed by atoms with van der Waals surface area (Å²) >= 11 is 0. The molecule has 1 fully saturated rings. The topological polar surface area (TPSA) is 21.3 Å². The standard InChI is InChI=1S/C9H16F3NO/c1-2-13-7-3-4-8(5-7)14-6-9(10,11)12/h7-8,13H,2-6H2,1H3. The van der Waals surface area contributed by atoms with Crippen LogP contribution in [0.2, 0.25) is 0 Å². The van der Waals surface area contributed by atoms with Crippen LogP contribution < -0.4 is 5.32 Å². The third kappa shape index (κ3) is 4.28. The highest BCUT2D eigenvalue weighted by atomic mass is 19.4. The first kappa shape index (κ1) is 11.8. The van der Waals surface area contributed by atoms with Gasteiger partial charge in [0.2, 0.25) is 0 Å². The van der Waals surface area contributed by atoms with Crippen LogP contribution in [0.1, 0.15) is 26.2 Å². The van der Waals surface area contributed by atoms with Gasteiger partial charge in [-0.3, -0.25) is 0 Å². The van der Waals surface area contributed by atoms with E-state index in [0.717, 1.165) is 19.4 Å². The van der Waals surface area contributed by atoms with E-state index in [4.69, 9.17) is 4.74 Å². The Labute approximate surface area is 81.8 Å². The summed E-state index contributed by atoms with van der Waals surface area (Å²) in [4.78, 5) is 0. The van der Waals surface area contributed by atoms with Gasteiger partial charge in [0.1, 0.15) is 6.61 Å². The van der Waals surface area contributed by atoms with Crippen molar-refractivity contribution >= 4 is 0 Å². The lowest BCUT2D eigenvalue weighted by Crippen LogP contribution is -2.28. The molecule has 0 aromatic rings. The number of ether oxygens (including phenoxy) is 1. The molecule has 1 N–H and O–H groups in total. The fourth-order valence-electron chi connectivity index (χ4n) is 1.78. The number of nitrogens with one attached hydrogen (secondary N) is 1. The molecular weight excluding hydrogens is 195 g/mol. The Balaban J connectivity index is 2.16. The van der Waals surface area contributed by atoms with Crippen molar-refractivity contribution in [1.29, 1.82) is 0 Å². The van der Waals surface area contributed by atoms with Gasteiger partial charge in [-0.05, 0) is 25.8 Å². The highest BCUT2D eigenvalue weighted by Crippen LogP contribution is 2.24. The summed E-state index contributed by atoms with van der Waals surface area (Å²) in [5.41, 5.74) is 0. The van der Waals surface area contributed by atoms with Crippen LogP contribution in [0.15, 0.2) is 0 Å². The van der Waals surface area contributed by atoms with Crippen LogP contribution in [0.3, 0.4) is 0 Å². The van der Waals surface area contributed by atoms with E-state index >= 15 is 0 Å². The van der Waals surface area contributed by atoms with Crippen molar-refractivity contribution in [2.75, 3.05) is 13.2 Å². The van der Waals surface area contributed by atoms with Crippen molar-refractivity contribution in [1.82, 2.24) is 5.32 Å². The molecule has 2 nitrogen and oxygen atoms in total. The zero-order valence-electron chi connectivity index (χ0n) is 8.23. The molecule has 1 rings (SSSR count). The number of halogens is 3. The van der Waals surface area contributed by atoms with E-state index < -0.39 is 12.8 Å². The molecule has 2 unspecified atom stereocenters. The van der Waals surface area contributed by atoms with Gasteiger partial charge in [-0.25, -0.2) is 0 Å². The molecule has 1 aliphatic rings.